The highest BCUT2D eigenvalue weighted by molar-refractivity contribution is 7.99. The fourth-order valence-electron chi connectivity index (χ4n) is 2.53. The summed E-state index contributed by atoms with van der Waals surface area (Å²) in [5.41, 5.74) is 2.64. The van der Waals surface area contributed by atoms with Gasteiger partial charge in [0.25, 0.3) is 0 Å². The second-order valence-electron chi connectivity index (χ2n) is 4.82. The number of thioether (sulfide) groups is 1. The Morgan fingerprint density at radius 3 is 3.11 bits per heavy atom. The Morgan fingerprint density at radius 1 is 1.53 bits per heavy atom. The molecule has 0 spiro atoms. The fourth-order valence-corrected chi connectivity index (χ4v) is 4.01. The van der Waals surface area contributed by atoms with E-state index >= 15 is 0 Å². The average Bonchev–Trinajstić information content (AvgIpc) is 3.07. The van der Waals surface area contributed by atoms with Gasteiger partial charge in [-0.25, -0.2) is 4.98 Å². The molecule has 1 aliphatic heterocycles. The number of imidazole rings is 1. The zero-order valence-corrected chi connectivity index (χ0v) is 12.0. The second-order valence-corrected chi connectivity index (χ2v) is 6.23. The fraction of sp³-hybridized carbons (Fsp3) is 0.429. The Bertz CT molecular complexity index is 638. The summed E-state index contributed by atoms with van der Waals surface area (Å²) in [6.45, 7) is 0.959. The highest BCUT2D eigenvalue weighted by Crippen LogP contribution is 2.28. The molecule has 5 heteroatoms. The van der Waals surface area contributed by atoms with Crippen LogP contribution in [-0.2, 0) is 12.4 Å². The zero-order valence-electron chi connectivity index (χ0n) is 10.5. The van der Waals surface area contributed by atoms with Gasteiger partial charge in [-0.1, -0.05) is 0 Å². The van der Waals surface area contributed by atoms with Gasteiger partial charge in [0.1, 0.15) is 5.82 Å². The lowest BCUT2D eigenvalue weighted by Crippen LogP contribution is -2.12. The Hall–Kier alpha value is -1.18. The third-order valence-corrected chi connectivity index (χ3v) is 5.01. The molecule has 0 N–H and O–H groups in total. The van der Waals surface area contributed by atoms with E-state index in [1.54, 1.807) is 0 Å². The van der Waals surface area contributed by atoms with Crippen molar-refractivity contribution in [3.8, 4) is 6.07 Å². The van der Waals surface area contributed by atoms with Crippen molar-refractivity contribution in [1.82, 2.24) is 9.55 Å². The second kappa shape index (κ2) is 5.44. The van der Waals surface area contributed by atoms with Crippen molar-refractivity contribution < 1.29 is 0 Å². The van der Waals surface area contributed by atoms with E-state index in [-0.39, 0.29) is 0 Å². The molecule has 1 unspecified atom stereocenters. The molecule has 1 aliphatic rings. The zero-order chi connectivity index (χ0) is 13.2. The Kier molecular flexibility index (Phi) is 3.67. The van der Waals surface area contributed by atoms with E-state index in [4.69, 9.17) is 16.9 Å². The van der Waals surface area contributed by atoms with E-state index in [2.05, 4.69) is 15.6 Å². The molecule has 0 amide bonds. The average molecular weight is 292 g/mol. The SMILES string of the molecule is N#Cc1ccc2nc(CCl)n(CC3CCSC3)c2c1. The number of rotatable bonds is 3. The maximum atomic E-state index is 9.03. The number of benzene rings is 1. The number of fused-ring (bicyclic) bond motifs is 1. The van der Waals surface area contributed by atoms with Crippen LogP contribution in [0.25, 0.3) is 11.0 Å². The number of nitriles is 1. The standard InChI is InChI=1S/C14H14ClN3S/c15-6-14-17-12-2-1-10(7-16)5-13(12)18(14)8-11-3-4-19-9-11/h1-2,5,11H,3-4,6,8-9H2. The number of halogens is 1. The first kappa shape index (κ1) is 12.8. The summed E-state index contributed by atoms with van der Waals surface area (Å²) in [5, 5.41) is 9.03. The Morgan fingerprint density at radius 2 is 2.42 bits per heavy atom. The minimum absolute atomic E-state index is 0.413. The molecule has 1 saturated heterocycles. The Balaban J connectivity index is 2.05. The predicted molar refractivity (Wildman–Crippen MR) is 79.4 cm³/mol. The van der Waals surface area contributed by atoms with Crippen LogP contribution >= 0.6 is 23.4 Å². The van der Waals surface area contributed by atoms with Crippen molar-refractivity contribution in [1.29, 1.82) is 5.26 Å². The molecule has 1 fully saturated rings. The van der Waals surface area contributed by atoms with E-state index in [1.807, 2.05) is 30.0 Å². The van der Waals surface area contributed by atoms with Gasteiger partial charge in [-0.15, -0.1) is 11.6 Å². The van der Waals surface area contributed by atoms with Crippen molar-refractivity contribution in [2.24, 2.45) is 5.92 Å². The Labute approximate surface area is 121 Å². The first-order chi connectivity index (χ1) is 9.31. The van der Waals surface area contributed by atoms with E-state index in [0.29, 0.717) is 17.4 Å². The monoisotopic (exact) mass is 291 g/mol. The van der Waals surface area contributed by atoms with Crippen LogP contribution in [0.15, 0.2) is 18.2 Å². The molecule has 0 saturated carbocycles. The van der Waals surface area contributed by atoms with Gasteiger partial charge in [0, 0.05) is 6.54 Å². The van der Waals surface area contributed by atoms with Crippen LogP contribution < -0.4 is 0 Å². The van der Waals surface area contributed by atoms with E-state index in [1.165, 1.54) is 17.9 Å². The van der Waals surface area contributed by atoms with Gasteiger partial charge in [0.2, 0.25) is 0 Å². The van der Waals surface area contributed by atoms with E-state index < -0.39 is 0 Å². The van der Waals surface area contributed by atoms with Gasteiger partial charge in [-0.2, -0.15) is 17.0 Å². The smallest absolute Gasteiger partial charge is 0.124 e. The molecule has 3 rings (SSSR count). The third-order valence-electron chi connectivity index (χ3n) is 3.54. The van der Waals surface area contributed by atoms with Gasteiger partial charge < -0.3 is 4.57 Å². The molecule has 0 radical (unpaired) electrons. The largest absolute Gasteiger partial charge is 0.327 e. The molecule has 1 aromatic heterocycles. The molecule has 2 heterocycles. The highest BCUT2D eigenvalue weighted by atomic mass is 35.5. The van der Waals surface area contributed by atoms with Gasteiger partial charge in [0.05, 0.1) is 28.5 Å². The summed E-state index contributed by atoms with van der Waals surface area (Å²) in [6.07, 6.45) is 1.25. The van der Waals surface area contributed by atoms with Crippen LogP contribution in [0.2, 0.25) is 0 Å². The van der Waals surface area contributed by atoms with Crippen molar-refractivity contribution >= 4 is 34.4 Å². The van der Waals surface area contributed by atoms with Crippen LogP contribution in [-0.4, -0.2) is 21.1 Å². The van der Waals surface area contributed by atoms with Crippen LogP contribution in [0.4, 0.5) is 0 Å². The van der Waals surface area contributed by atoms with Crippen molar-refractivity contribution in [3.05, 3.63) is 29.6 Å². The quantitative estimate of drug-likeness (QED) is 0.814. The minimum Gasteiger partial charge on any atom is -0.327 e. The lowest BCUT2D eigenvalue weighted by molar-refractivity contribution is 0.493. The van der Waals surface area contributed by atoms with Crippen LogP contribution in [0.1, 0.15) is 17.8 Å². The first-order valence-corrected chi connectivity index (χ1v) is 8.03. The molecule has 0 bridgehead atoms. The minimum atomic E-state index is 0.413. The van der Waals surface area contributed by atoms with Gasteiger partial charge in [-0.05, 0) is 42.0 Å². The maximum absolute atomic E-state index is 9.03. The molecule has 0 aliphatic carbocycles. The third kappa shape index (κ3) is 2.45. The van der Waals surface area contributed by atoms with Gasteiger partial charge in [0.15, 0.2) is 0 Å². The number of nitrogens with zero attached hydrogens (tertiary/aromatic N) is 3. The van der Waals surface area contributed by atoms with Gasteiger partial charge in [-0.3, -0.25) is 0 Å². The normalized spacial score (nSPS) is 18.8. The van der Waals surface area contributed by atoms with Crippen molar-refractivity contribution in [2.75, 3.05) is 11.5 Å². The summed E-state index contributed by atoms with van der Waals surface area (Å²) in [4.78, 5) is 4.56. The topological polar surface area (TPSA) is 41.6 Å². The van der Waals surface area contributed by atoms with Crippen LogP contribution in [0.3, 0.4) is 0 Å². The molecule has 2 aromatic rings. The molecule has 3 nitrogen and oxygen atoms in total. The van der Waals surface area contributed by atoms with Crippen molar-refractivity contribution in [2.45, 2.75) is 18.8 Å². The number of hydrogen-bond acceptors (Lipinski definition) is 3. The molecule has 1 atom stereocenters. The molecular weight excluding hydrogens is 278 g/mol. The van der Waals surface area contributed by atoms with E-state index in [9.17, 15) is 0 Å². The van der Waals surface area contributed by atoms with Crippen LogP contribution in [0.5, 0.6) is 0 Å². The summed E-state index contributed by atoms with van der Waals surface area (Å²) < 4.78 is 2.19. The molecule has 19 heavy (non-hydrogen) atoms. The highest BCUT2D eigenvalue weighted by Gasteiger charge is 2.19. The number of aromatic nitrogens is 2. The van der Waals surface area contributed by atoms with Crippen molar-refractivity contribution in [3.63, 3.8) is 0 Å². The number of hydrogen-bond donors (Lipinski definition) is 0. The predicted octanol–water partition coefficient (Wildman–Crippen LogP) is 3.40. The lowest BCUT2D eigenvalue weighted by atomic mass is 10.1. The lowest BCUT2D eigenvalue weighted by Gasteiger charge is -2.12. The summed E-state index contributed by atoms with van der Waals surface area (Å²) >= 11 is 8.02. The molecular formula is C14H14ClN3S. The van der Waals surface area contributed by atoms with Gasteiger partial charge >= 0.3 is 0 Å². The summed E-state index contributed by atoms with van der Waals surface area (Å²) in [5.74, 6) is 4.46. The van der Waals surface area contributed by atoms with Crippen LogP contribution in [0, 0.1) is 17.2 Å². The molecule has 1 aromatic carbocycles. The summed E-state index contributed by atoms with van der Waals surface area (Å²) in [6, 6.07) is 7.82. The summed E-state index contributed by atoms with van der Waals surface area (Å²) in [7, 11) is 0. The molecule has 98 valence electrons. The first-order valence-electron chi connectivity index (χ1n) is 6.35. The number of alkyl halides is 1. The maximum Gasteiger partial charge on any atom is 0.124 e. The van der Waals surface area contributed by atoms with E-state index in [0.717, 1.165) is 23.4 Å².